The molecule has 0 unspecified atom stereocenters. The fraction of sp³-hybridized carbons (Fsp3) is 0.300. The first-order chi connectivity index (χ1) is 14.4. The Hall–Kier alpha value is -3.56. The number of carbonyl (C=O) groups is 2. The first-order valence-corrected chi connectivity index (χ1v) is 8.65. The van der Waals surface area contributed by atoms with E-state index in [0.717, 1.165) is 0 Å². The van der Waals surface area contributed by atoms with Crippen LogP contribution in [0.3, 0.4) is 0 Å². The average Bonchev–Trinajstić information content (AvgIpc) is 2.75. The van der Waals surface area contributed by atoms with Crippen molar-refractivity contribution in [1.82, 2.24) is 5.32 Å². The normalized spacial score (nSPS) is 10.3. The van der Waals surface area contributed by atoms with Gasteiger partial charge in [-0.05, 0) is 35.9 Å². The van der Waals surface area contributed by atoms with Crippen LogP contribution in [0.4, 0.5) is 8.78 Å². The van der Waals surface area contributed by atoms with E-state index >= 15 is 0 Å². The average molecular weight is 425 g/mol. The van der Waals surface area contributed by atoms with Crippen molar-refractivity contribution in [1.29, 1.82) is 0 Å². The number of hydrogen-bond donors (Lipinski definition) is 1. The number of methoxy groups -OCH3 is 3. The molecule has 0 spiro atoms. The lowest BCUT2D eigenvalue weighted by atomic mass is 10.2. The van der Waals surface area contributed by atoms with Crippen molar-refractivity contribution in [3.63, 3.8) is 0 Å². The highest BCUT2D eigenvalue weighted by Crippen LogP contribution is 2.30. The van der Waals surface area contributed by atoms with Gasteiger partial charge < -0.3 is 29.0 Å². The molecule has 0 saturated carbocycles. The van der Waals surface area contributed by atoms with Crippen LogP contribution < -0.4 is 24.3 Å². The maximum absolute atomic E-state index is 12.3. The minimum Gasteiger partial charge on any atom is -0.493 e. The predicted octanol–water partition coefficient (Wildman–Crippen LogP) is 2.79. The minimum absolute atomic E-state index is 0.0746. The van der Waals surface area contributed by atoms with E-state index < -0.39 is 18.5 Å². The second kappa shape index (κ2) is 10.8. The topological polar surface area (TPSA) is 92.3 Å². The molecule has 0 aliphatic heterocycles. The zero-order chi connectivity index (χ0) is 22.1. The van der Waals surface area contributed by atoms with Crippen molar-refractivity contribution in [3.05, 3.63) is 47.5 Å². The third kappa shape index (κ3) is 6.23. The highest BCUT2D eigenvalue weighted by Gasteiger charge is 2.14. The van der Waals surface area contributed by atoms with Crippen molar-refractivity contribution < 1.29 is 42.1 Å². The van der Waals surface area contributed by atoms with Gasteiger partial charge in [0.25, 0.3) is 5.91 Å². The molecule has 2 aromatic carbocycles. The number of ether oxygens (including phenoxy) is 5. The Balaban J connectivity index is 1.88. The fourth-order valence-electron chi connectivity index (χ4n) is 2.44. The van der Waals surface area contributed by atoms with Gasteiger partial charge in [0.1, 0.15) is 13.2 Å². The first-order valence-electron chi connectivity index (χ1n) is 8.65. The molecular weight excluding hydrogens is 404 g/mol. The van der Waals surface area contributed by atoms with Gasteiger partial charge in [-0.3, -0.25) is 9.59 Å². The maximum atomic E-state index is 12.3. The van der Waals surface area contributed by atoms with E-state index in [1.807, 2.05) is 0 Å². The third-order valence-electron chi connectivity index (χ3n) is 3.88. The summed E-state index contributed by atoms with van der Waals surface area (Å²) in [7, 11) is 4.22. The number of hydrogen-bond acceptors (Lipinski definition) is 7. The molecule has 0 atom stereocenters. The number of halogens is 2. The Morgan fingerprint density at radius 1 is 0.900 bits per heavy atom. The van der Waals surface area contributed by atoms with Crippen LogP contribution in [-0.4, -0.2) is 46.4 Å². The van der Waals surface area contributed by atoms with Crippen molar-refractivity contribution in [2.24, 2.45) is 0 Å². The smallest absolute Gasteiger partial charge is 0.387 e. The molecule has 2 aromatic rings. The zero-order valence-corrected chi connectivity index (χ0v) is 16.6. The first kappa shape index (κ1) is 22.7. The molecule has 0 aliphatic rings. The second-order valence-corrected chi connectivity index (χ2v) is 5.78. The van der Waals surface area contributed by atoms with Crippen molar-refractivity contribution in [2.45, 2.75) is 13.2 Å². The summed E-state index contributed by atoms with van der Waals surface area (Å²) in [5, 5.41) is 2.44. The fourth-order valence-corrected chi connectivity index (χ4v) is 2.44. The largest absolute Gasteiger partial charge is 0.493 e. The van der Waals surface area contributed by atoms with Gasteiger partial charge in [-0.2, -0.15) is 8.78 Å². The van der Waals surface area contributed by atoms with Gasteiger partial charge in [-0.1, -0.05) is 6.07 Å². The molecule has 2 rings (SSSR count). The molecule has 1 N–H and O–H groups in total. The van der Waals surface area contributed by atoms with Gasteiger partial charge in [-0.25, -0.2) is 0 Å². The van der Waals surface area contributed by atoms with Gasteiger partial charge in [0.15, 0.2) is 23.0 Å². The molecule has 0 heterocycles. The monoisotopic (exact) mass is 425 g/mol. The molecular formula is C20H21F2NO7. The second-order valence-electron chi connectivity index (χ2n) is 5.78. The van der Waals surface area contributed by atoms with Crippen LogP contribution in [0.1, 0.15) is 15.9 Å². The number of rotatable bonds is 10. The summed E-state index contributed by atoms with van der Waals surface area (Å²) in [6.45, 7) is -3.50. The summed E-state index contributed by atoms with van der Waals surface area (Å²) in [6.07, 6.45) is 0. The van der Waals surface area contributed by atoms with E-state index in [1.165, 1.54) is 51.7 Å². The lowest BCUT2D eigenvalue weighted by Gasteiger charge is -2.12. The Bertz CT molecular complexity index is 889. The van der Waals surface area contributed by atoms with Crippen LogP contribution >= 0.6 is 0 Å². The third-order valence-corrected chi connectivity index (χ3v) is 3.88. The summed E-state index contributed by atoms with van der Waals surface area (Å²) < 4.78 is 49.3. The minimum atomic E-state index is -2.99. The Kier molecular flexibility index (Phi) is 8.21. The molecule has 0 saturated heterocycles. The highest BCUT2D eigenvalue weighted by molar-refractivity contribution is 5.96. The number of benzene rings is 2. The standard InChI is InChI=1S/C20H21F2NO7/c1-26-14-7-5-13(9-17(14)28-3)19(25)23-10-18(24)29-11-12-4-6-15(30-20(21)22)16(8-12)27-2/h4-9,20H,10-11H2,1-3H3,(H,23,25). The summed E-state index contributed by atoms with van der Waals surface area (Å²) in [4.78, 5) is 24.1. The van der Waals surface area contributed by atoms with Gasteiger partial charge in [0.2, 0.25) is 0 Å². The van der Waals surface area contributed by atoms with E-state index in [4.69, 9.17) is 18.9 Å². The molecule has 0 aliphatic carbocycles. The maximum Gasteiger partial charge on any atom is 0.387 e. The van der Waals surface area contributed by atoms with Gasteiger partial charge >= 0.3 is 12.6 Å². The summed E-state index contributed by atoms with van der Waals surface area (Å²) in [5.74, 6) is -0.399. The molecule has 0 bridgehead atoms. The Morgan fingerprint density at radius 2 is 1.53 bits per heavy atom. The highest BCUT2D eigenvalue weighted by atomic mass is 19.3. The zero-order valence-electron chi connectivity index (χ0n) is 16.6. The number of carbonyl (C=O) groups excluding carboxylic acids is 2. The van der Waals surface area contributed by atoms with Gasteiger partial charge in [0.05, 0.1) is 21.3 Å². The summed E-state index contributed by atoms with van der Waals surface area (Å²) in [6, 6.07) is 8.73. The van der Waals surface area contributed by atoms with E-state index in [1.54, 1.807) is 6.07 Å². The van der Waals surface area contributed by atoms with Crippen molar-refractivity contribution in [2.75, 3.05) is 27.9 Å². The van der Waals surface area contributed by atoms with E-state index in [9.17, 15) is 18.4 Å². The molecule has 1 amide bonds. The van der Waals surface area contributed by atoms with Gasteiger partial charge in [-0.15, -0.1) is 0 Å². The predicted molar refractivity (Wildman–Crippen MR) is 101 cm³/mol. The van der Waals surface area contributed by atoms with Crippen molar-refractivity contribution in [3.8, 4) is 23.0 Å². The molecule has 8 nitrogen and oxygen atoms in total. The van der Waals surface area contributed by atoms with Gasteiger partial charge in [0, 0.05) is 5.56 Å². The molecule has 10 heteroatoms. The summed E-state index contributed by atoms with van der Waals surface area (Å²) in [5.41, 5.74) is 0.771. The van der Waals surface area contributed by atoms with Crippen molar-refractivity contribution >= 4 is 11.9 Å². The Morgan fingerprint density at radius 3 is 2.17 bits per heavy atom. The number of alkyl halides is 2. The van der Waals surface area contributed by atoms with Crippen LogP contribution in [0.25, 0.3) is 0 Å². The molecule has 0 radical (unpaired) electrons. The summed E-state index contributed by atoms with van der Waals surface area (Å²) >= 11 is 0. The van der Waals surface area contributed by atoms with Crippen LogP contribution in [0.2, 0.25) is 0 Å². The SMILES string of the molecule is COc1ccc(C(=O)NCC(=O)OCc2ccc(OC(F)F)c(OC)c2)cc1OC. The van der Waals surface area contributed by atoms with E-state index in [-0.39, 0.29) is 30.2 Å². The molecule has 30 heavy (non-hydrogen) atoms. The van der Waals surface area contributed by atoms with Crippen LogP contribution in [0, 0.1) is 0 Å². The van der Waals surface area contributed by atoms with E-state index in [0.29, 0.717) is 17.1 Å². The van der Waals surface area contributed by atoms with Crippen LogP contribution in [0.15, 0.2) is 36.4 Å². The number of amides is 1. The van der Waals surface area contributed by atoms with E-state index in [2.05, 4.69) is 10.1 Å². The number of esters is 1. The van der Waals surface area contributed by atoms with Crippen LogP contribution in [-0.2, 0) is 16.1 Å². The quantitative estimate of drug-likeness (QED) is 0.585. The Labute approximate surface area is 171 Å². The molecule has 0 fully saturated rings. The number of nitrogens with one attached hydrogen (secondary N) is 1. The lowest BCUT2D eigenvalue weighted by molar-refractivity contribution is -0.143. The molecule has 0 aromatic heterocycles. The lowest BCUT2D eigenvalue weighted by Crippen LogP contribution is -2.30. The molecule has 162 valence electrons. The van der Waals surface area contributed by atoms with Crippen LogP contribution in [0.5, 0.6) is 23.0 Å².